The van der Waals surface area contributed by atoms with E-state index in [4.69, 9.17) is 0 Å². The molecular formula is C15H23ClN2O3. The van der Waals surface area contributed by atoms with Gasteiger partial charge >= 0.3 is 5.97 Å². The summed E-state index contributed by atoms with van der Waals surface area (Å²) in [6, 6.07) is 9.10. The average Bonchev–Trinajstić information content (AvgIpc) is 2.47. The summed E-state index contributed by atoms with van der Waals surface area (Å²) in [4.78, 5) is 23.3. The smallest absolute Gasteiger partial charge is 0.307 e. The normalized spacial score (nSPS) is 11.1. The first kappa shape index (κ1) is 19.4. The number of hydrogen-bond acceptors (Lipinski definition) is 4. The van der Waals surface area contributed by atoms with E-state index >= 15 is 0 Å². The predicted molar refractivity (Wildman–Crippen MR) is 84.4 cm³/mol. The van der Waals surface area contributed by atoms with Crippen molar-refractivity contribution in [2.24, 2.45) is 0 Å². The van der Waals surface area contributed by atoms with Crippen molar-refractivity contribution in [3.05, 3.63) is 35.9 Å². The number of carbonyl (C=O) groups is 2. The zero-order valence-corrected chi connectivity index (χ0v) is 13.2. The maximum absolute atomic E-state index is 11.9. The molecule has 1 aromatic carbocycles. The molecule has 1 atom stereocenters. The van der Waals surface area contributed by atoms with Crippen LogP contribution in [0.4, 0.5) is 0 Å². The lowest BCUT2D eigenvalue weighted by atomic mass is 10.0. The molecule has 0 aliphatic rings. The molecule has 0 aliphatic carbocycles. The van der Waals surface area contributed by atoms with Crippen molar-refractivity contribution in [1.82, 2.24) is 10.6 Å². The summed E-state index contributed by atoms with van der Waals surface area (Å²) in [5.41, 5.74) is 0.903. The summed E-state index contributed by atoms with van der Waals surface area (Å²) in [5.74, 6) is -0.396. The quantitative estimate of drug-likeness (QED) is 0.567. The molecule has 1 unspecified atom stereocenters. The summed E-state index contributed by atoms with van der Waals surface area (Å²) in [6.45, 7) is 0.792. The Balaban J connectivity index is 0.00000400. The van der Waals surface area contributed by atoms with Crippen LogP contribution in [0.1, 0.15) is 30.9 Å². The molecule has 5 nitrogen and oxygen atoms in total. The van der Waals surface area contributed by atoms with Crippen LogP contribution in [0.2, 0.25) is 0 Å². The first-order chi connectivity index (χ1) is 9.67. The average molecular weight is 315 g/mol. The van der Waals surface area contributed by atoms with E-state index in [-0.39, 0.29) is 36.7 Å². The first-order valence-corrected chi connectivity index (χ1v) is 6.73. The molecule has 6 heteroatoms. The number of esters is 1. The van der Waals surface area contributed by atoms with Crippen LogP contribution in [0.15, 0.2) is 30.3 Å². The van der Waals surface area contributed by atoms with Crippen molar-refractivity contribution >= 4 is 24.3 Å². The summed E-state index contributed by atoms with van der Waals surface area (Å²) >= 11 is 0. The second-order valence-corrected chi connectivity index (χ2v) is 4.52. The van der Waals surface area contributed by atoms with Crippen LogP contribution in [-0.4, -0.2) is 32.6 Å². The molecule has 0 aliphatic heterocycles. The van der Waals surface area contributed by atoms with E-state index in [1.54, 1.807) is 0 Å². The first-order valence-electron chi connectivity index (χ1n) is 6.73. The number of ether oxygens (including phenoxy) is 1. The van der Waals surface area contributed by atoms with Gasteiger partial charge in [0.25, 0.3) is 0 Å². The third-order valence-electron chi connectivity index (χ3n) is 2.97. The molecule has 0 saturated heterocycles. The maximum atomic E-state index is 11.9. The highest BCUT2D eigenvalue weighted by Gasteiger charge is 2.18. The Bertz CT molecular complexity index is 426. The number of hydrogen-bond donors (Lipinski definition) is 2. The van der Waals surface area contributed by atoms with Gasteiger partial charge in [-0.25, -0.2) is 0 Å². The molecule has 0 bridgehead atoms. The SMILES string of the molecule is CNCCCC(=O)NC(CC(=O)OC)c1ccccc1.Cl. The minimum Gasteiger partial charge on any atom is -0.469 e. The standard InChI is InChI=1S/C15H22N2O3.ClH/c1-16-10-6-9-14(18)17-13(11-15(19)20-2)12-7-4-3-5-8-12;/h3-5,7-8,13,16H,6,9-11H2,1-2H3,(H,17,18);1H. The van der Waals surface area contributed by atoms with Crippen LogP contribution >= 0.6 is 12.4 Å². The zero-order valence-electron chi connectivity index (χ0n) is 12.4. The molecule has 21 heavy (non-hydrogen) atoms. The monoisotopic (exact) mass is 314 g/mol. The van der Waals surface area contributed by atoms with E-state index in [2.05, 4.69) is 15.4 Å². The second-order valence-electron chi connectivity index (χ2n) is 4.52. The van der Waals surface area contributed by atoms with E-state index in [0.717, 1.165) is 18.5 Å². The number of carbonyl (C=O) groups excluding carboxylic acids is 2. The largest absolute Gasteiger partial charge is 0.469 e. The molecule has 0 radical (unpaired) electrons. The van der Waals surface area contributed by atoms with E-state index in [9.17, 15) is 9.59 Å². The third-order valence-corrected chi connectivity index (χ3v) is 2.97. The van der Waals surface area contributed by atoms with Crippen LogP contribution in [-0.2, 0) is 14.3 Å². The molecule has 0 fully saturated rings. The summed E-state index contributed by atoms with van der Waals surface area (Å²) in [6.07, 6.45) is 1.34. The number of amides is 1. The third kappa shape index (κ3) is 7.68. The minimum absolute atomic E-state index is 0. The van der Waals surface area contributed by atoms with Gasteiger partial charge in [0.15, 0.2) is 0 Å². The fourth-order valence-corrected chi connectivity index (χ4v) is 1.88. The molecule has 2 N–H and O–H groups in total. The van der Waals surface area contributed by atoms with Crippen LogP contribution in [0.25, 0.3) is 0 Å². The highest BCUT2D eigenvalue weighted by molar-refractivity contribution is 5.85. The Morgan fingerprint density at radius 3 is 2.48 bits per heavy atom. The molecule has 118 valence electrons. The van der Waals surface area contributed by atoms with Gasteiger partial charge in [-0.2, -0.15) is 0 Å². The van der Waals surface area contributed by atoms with Crippen molar-refractivity contribution in [1.29, 1.82) is 0 Å². The molecule has 0 aromatic heterocycles. The zero-order chi connectivity index (χ0) is 14.8. The highest BCUT2D eigenvalue weighted by Crippen LogP contribution is 2.17. The summed E-state index contributed by atoms with van der Waals surface area (Å²) in [7, 11) is 3.20. The topological polar surface area (TPSA) is 67.4 Å². The summed E-state index contributed by atoms with van der Waals surface area (Å²) in [5, 5.41) is 5.89. The number of rotatable bonds is 8. The molecule has 1 rings (SSSR count). The van der Waals surface area contributed by atoms with Crippen molar-refractivity contribution in [2.45, 2.75) is 25.3 Å². The number of methoxy groups -OCH3 is 1. The van der Waals surface area contributed by atoms with E-state index < -0.39 is 0 Å². The van der Waals surface area contributed by atoms with Gasteiger partial charge in [0, 0.05) is 6.42 Å². The second kappa shape index (κ2) is 11.1. The maximum Gasteiger partial charge on any atom is 0.307 e. The lowest BCUT2D eigenvalue weighted by Gasteiger charge is -2.18. The summed E-state index contributed by atoms with van der Waals surface area (Å²) < 4.78 is 4.68. The minimum atomic E-state index is -0.342. The van der Waals surface area contributed by atoms with E-state index in [0.29, 0.717) is 6.42 Å². The lowest BCUT2D eigenvalue weighted by molar-refractivity contribution is -0.141. The van der Waals surface area contributed by atoms with Crippen LogP contribution in [0.3, 0.4) is 0 Å². The van der Waals surface area contributed by atoms with E-state index in [1.165, 1.54) is 7.11 Å². The molecule has 0 saturated carbocycles. The number of benzene rings is 1. The van der Waals surface area contributed by atoms with Gasteiger partial charge in [-0.05, 0) is 25.6 Å². The van der Waals surface area contributed by atoms with Gasteiger partial charge in [0.1, 0.15) is 0 Å². The number of nitrogens with one attached hydrogen (secondary N) is 2. The Morgan fingerprint density at radius 1 is 1.24 bits per heavy atom. The molecule has 1 amide bonds. The van der Waals surface area contributed by atoms with Gasteiger partial charge in [-0.15, -0.1) is 12.4 Å². The van der Waals surface area contributed by atoms with Crippen LogP contribution in [0.5, 0.6) is 0 Å². The van der Waals surface area contributed by atoms with Gasteiger partial charge in [-0.3, -0.25) is 9.59 Å². The molecular weight excluding hydrogens is 292 g/mol. The molecule has 0 heterocycles. The van der Waals surface area contributed by atoms with Crippen LogP contribution in [0, 0.1) is 0 Å². The van der Waals surface area contributed by atoms with Gasteiger partial charge in [-0.1, -0.05) is 30.3 Å². The van der Waals surface area contributed by atoms with Gasteiger partial charge in [0.2, 0.25) is 5.91 Å². The van der Waals surface area contributed by atoms with Crippen molar-refractivity contribution < 1.29 is 14.3 Å². The fraction of sp³-hybridized carbons (Fsp3) is 0.467. The van der Waals surface area contributed by atoms with E-state index in [1.807, 2.05) is 37.4 Å². The highest BCUT2D eigenvalue weighted by atomic mass is 35.5. The van der Waals surface area contributed by atoms with Crippen molar-refractivity contribution in [3.8, 4) is 0 Å². The molecule has 0 spiro atoms. The van der Waals surface area contributed by atoms with Crippen molar-refractivity contribution in [2.75, 3.05) is 20.7 Å². The van der Waals surface area contributed by atoms with Crippen LogP contribution < -0.4 is 10.6 Å². The Labute approximate surface area is 131 Å². The Morgan fingerprint density at radius 2 is 1.90 bits per heavy atom. The Kier molecular flexibility index (Phi) is 10.3. The lowest BCUT2D eigenvalue weighted by Crippen LogP contribution is -2.30. The van der Waals surface area contributed by atoms with Gasteiger partial charge < -0.3 is 15.4 Å². The van der Waals surface area contributed by atoms with Gasteiger partial charge in [0.05, 0.1) is 19.6 Å². The predicted octanol–water partition coefficient (Wildman–Crippen LogP) is 1.83. The molecule has 1 aromatic rings. The fourth-order valence-electron chi connectivity index (χ4n) is 1.88. The van der Waals surface area contributed by atoms with Crippen molar-refractivity contribution in [3.63, 3.8) is 0 Å². The Hall–Kier alpha value is -1.59. The number of halogens is 1.